The molecule has 2 aliphatic heterocycles. The van der Waals surface area contributed by atoms with Gasteiger partial charge in [-0.1, -0.05) is 6.92 Å². The lowest BCUT2D eigenvalue weighted by atomic mass is 10.0. The van der Waals surface area contributed by atoms with Gasteiger partial charge in [0.25, 0.3) is 5.91 Å². The molecule has 0 radical (unpaired) electrons. The lowest BCUT2D eigenvalue weighted by molar-refractivity contribution is 0.0616. The fourth-order valence-corrected chi connectivity index (χ4v) is 3.91. The number of ether oxygens (including phenoxy) is 1. The minimum Gasteiger partial charge on any atom is -0.447 e. The maximum atomic E-state index is 13.1. The summed E-state index contributed by atoms with van der Waals surface area (Å²) in [5.41, 5.74) is 1.25. The monoisotopic (exact) mass is 362 g/mol. The smallest absolute Gasteiger partial charge is 0.410 e. The Morgan fingerprint density at radius 1 is 1.31 bits per heavy atom. The number of piperidine rings is 1. The van der Waals surface area contributed by atoms with Crippen molar-refractivity contribution in [1.82, 2.24) is 19.6 Å². The fraction of sp³-hybridized carbons (Fsp3) is 0.737. The summed E-state index contributed by atoms with van der Waals surface area (Å²) >= 11 is 0. The SMILES string of the molecule is CCC1COC(=O)N1C1CCN(C(=O)c2cc(C)nn2C(C)(C)C)CC1. The second kappa shape index (κ2) is 6.93. The molecule has 0 bridgehead atoms. The molecule has 0 aromatic carbocycles. The van der Waals surface area contributed by atoms with Crippen molar-refractivity contribution in [3.05, 3.63) is 17.5 Å². The van der Waals surface area contributed by atoms with Crippen molar-refractivity contribution < 1.29 is 14.3 Å². The molecule has 3 rings (SSSR count). The van der Waals surface area contributed by atoms with Gasteiger partial charge in [0, 0.05) is 19.1 Å². The topological polar surface area (TPSA) is 67.7 Å². The van der Waals surface area contributed by atoms with Crippen LogP contribution in [0.5, 0.6) is 0 Å². The van der Waals surface area contributed by atoms with E-state index < -0.39 is 0 Å². The van der Waals surface area contributed by atoms with Crippen LogP contribution >= 0.6 is 0 Å². The molecule has 3 heterocycles. The van der Waals surface area contributed by atoms with Crippen LogP contribution in [0, 0.1) is 6.92 Å². The lowest BCUT2D eigenvalue weighted by Crippen LogP contribution is -2.50. The Morgan fingerprint density at radius 2 is 1.96 bits per heavy atom. The molecule has 1 aromatic rings. The Kier molecular flexibility index (Phi) is 4.99. The molecule has 0 N–H and O–H groups in total. The Labute approximate surface area is 155 Å². The molecule has 0 saturated carbocycles. The van der Waals surface area contributed by atoms with Crippen LogP contribution in [0.25, 0.3) is 0 Å². The number of carbonyl (C=O) groups excluding carboxylic acids is 2. The highest BCUT2D eigenvalue weighted by atomic mass is 16.6. The molecule has 0 spiro atoms. The zero-order valence-corrected chi connectivity index (χ0v) is 16.5. The molecule has 2 amide bonds. The zero-order valence-electron chi connectivity index (χ0n) is 16.5. The first kappa shape index (κ1) is 18.7. The quantitative estimate of drug-likeness (QED) is 0.829. The first-order valence-electron chi connectivity index (χ1n) is 9.54. The van der Waals surface area contributed by atoms with Gasteiger partial charge in [0.2, 0.25) is 0 Å². The second-order valence-corrected chi connectivity index (χ2v) is 8.32. The zero-order chi connectivity index (χ0) is 19.1. The summed E-state index contributed by atoms with van der Waals surface area (Å²) < 4.78 is 7.04. The highest BCUT2D eigenvalue weighted by molar-refractivity contribution is 5.93. The number of aryl methyl sites for hydroxylation is 1. The van der Waals surface area contributed by atoms with E-state index in [9.17, 15) is 9.59 Å². The molecule has 26 heavy (non-hydrogen) atoms. The van der Waals surface area contributed by atoms with E-state index in [1.807, 2.05) is 48.2 Å². The Bertz CT molecular complexity index is 683. The normalized spacial score (nSPS) is 22.0. The maximum Gasteiger partial charge on any atom is 0.410 e. The van der Waals surface area contributed by atoms with Gasteiger partial charge in [0.15, 0.2) is 0 Å². The number of likely N-dealkylation sites (tertiary alicyclic amines) is 1. The summed E-state index contributed by atoms with van der Waals surface area (Å²) in [6.07, 6.45) is 2.28. The molecule has 2 fully saturated rings. The standard InChI is InChI=1S/C19H30N4O3/c1-6-14-12-26-18(25)22(14)15-7-9-21(10-8-15)17(24)16-11-13(2)20-23(16)19(3,4)5/h11,14-15H,6-10,12H2,1-5H3. The Hall–Kier alpha value is -2.05. The van der Waals surface area contributed by atoms with Gasteiger partial charge in [-0.05, 0) is 53.0 Å². The molecule has 1 unspecified atom stereocenters. The molecule has 2 saturated heterocycles. The van der Waals surface area contributed by atoms with E-state index in [0.717, 1.165) is 25.0 Å². The Morgan fingerprint density at radius 3 is 2.54 bits per heavy atom. The number of hydrogen-bond acceptors (Lipinski definition) is 4. The van der Waals surface area contributed by atoms with Crippen LogP contribution in [0.3, 0.4) is 0 Å². The summed E-state index contributed by atoms with van der Waals surface area (Å²) in [6.45, 7) is 11.9. The van der Waals surface area contributed by atoms with Crippen molar-refractivity contribution in [2.75, 3.05) is 19.7 Å². The van der Waals surface area contributed by atoms with Crippen LogP contribution in [-0.4, -0.2) is 63.4 Å². The number of rotatable bonds is 3. The molecule has 144 valence electrons. The maximum absolute atomic E-state index is 13.1. The van der Waals surface area contributed by atoms with Crippen molar-refractivity contribution in [1.29, 1.82) is 0 Å². The number of carbonyl (C=O) groups is 2. The third-order valence-corrected chi connectivity index (χ3v) is 5.31. The minimum atomic E-state index is -0.245. The number of cyclic esters (lactones) is 1. The summed E-state index contributed by atoms with van der Waals surface area (Å²) in [7, 11) is 0. The highest BCUT2D eigenvalue weighted by Gasteiger charge is 2.39. The van der Waals surface area contributed by atoms with Crippen molar-refractivity contribution in [3.63, 3.8) is 0 Å². The fourth-order valence-electron chi connectivity index (χ4n) is 3.91. The van der Waals surface area contributed by atoms with E-state index in [0.29, 0.717) is 25.4 Å². The molecule has 1 aromatic heterocycles. The van der Waals surface area contributed by atoms with E-state index in [-0.39, 0.29) is 29.6 Å². The molecular weight excluding hydrogens is 332 g/mol. The first-order chi connectivity index (χ1) is 12.2. The molecule has 1 atom stereocenters. The van der Waals surface area contributed by atoms with Crippen LogP contribution < -0.4 is 0 Å². The Balaban J connectivity index is 1.69. The molecule has 2 aliphatic rings. The van der Waals surface area contributed by atoms with E-state index in [1.165, 1.54) is 0 Å². The van der Waals surface area contributed by atoms with Crippen molar-refractivity contribution in [2.24, 2.45) is 0 Å². The van der Waals surface area contributed by atoms with Crippen molar-refractivity contribution in [3.8, 4) is 0 Å². The lowest BCUT2D eigenvalue weighted by Gasteiger charge is -2.38. The van der Waals surface area contributed by atoms with Gasteiger partial charge in [-0.15, -0.1) is 0 Å². The van der Waals surface area contributed by atoms with Gasteiger partial charge in [0.05, 0.1) is 17.3 Å². The van der Waals surface area contributed by atoms with Gasteiger partial charge in [-0.2, -0.15) is 5.10 Å². The van der Waals surface area contributed by atoms with Gasteiger partial charge >= 0.3 is 6.09 Å². The van der Waals surface area contributed by atoms with Gasteiger partial charge in [0.1, 0.15) is 12.3 Å². The highest BCUT2D eigenvalue weighted by Crippen LogP contribution is 2.26. The number of aromatic nitrogens is 2. The molecule has 0 aliphatic carbocycles. The van der Waals surface area contributed by atoms with E-state index in [2.05, 4.69) is 12.0 Å². The molecule has 7 nitrogen and oxygen atoms in total. The number of nitrogens with zero attached hydrogens (tertiary/aromatic N) is 4. The summed E-state index contributed by atoms with van der Waals surface area (Å²) in [5, 5.41) is 4.51. The summed E-state index contributed by atoms with van der Waals surface area (Å²) in [6, 6.07) is 2.19. The van der Waals surface area contributed by atoms with Crippen LogP contribution in [0.1, 0.15) is 63.1 Å². The van der Waals surface area contributed by atoms with Crippen LogP contribution in [0.15, 0.2) is 6.07 Å². The van der Waals surface area contributed by atoms with Crippen molar-refractivity contribution in [2.45, 2.75) is 71.5 Å². The third kappa shape index (κ3) is 3.44. The van der Waals surface area contributed by atoms with Gasteiger partial charge in [-0.25, -0.2) is 4.79 Å². The number of hydrogen-bond donors (Lipinski definition) is 0. The van der Waals surface area contributed by atoms with Crippen LogP contribution in [-0.2, 0) is 10.3 Å². The number of amides is 2. The predicted molar refractivity (Wildman–Crippen MR) is 98.2 cm³/mol. The summed E-state index contributed by atoms with van der Waals surface area (Å²) in [5.74, 6) is 0.0232. The van der Waals surface area contributed by atoms with E-state index >= 15 is 0 Å². The minimum absolute atomic E-state index is 0.0232. The summed E-state index contributed by atoms with van der Waals surface area (Å²) in [4.78, 5) is 28.9. The van der Waals surface area contributed by atoms with Crippen LogP contribution in [0.4, 0.5) is 4.79 Å². The predicted octanol–water partition coefficient (Wildman–Crippen LogP) is 2.78. The van der Waals surface area contributed by atoms with Crippen LogP contribution in [0.2, 0.25) is 0 Å². The largest absolute Gasteiger partial charge is 0.447 e. The first-order valence-corrected chi connectivity index (χ1v) is 9.54. The third-order valence-electron chi connectivity index (χ3n) is 5.31. The van der Waals surface area contributed by atoms with Gasteiger partial charge < -0.3 is 9.64 Å². The van der Waals surface area contributed by atoms with Gasteiger partial charge in [-0.3, -0.25) is 14.4 Å². The van der Waals surface area contributed by atoms with E-state index in [1.54, 1.807) is 0 Å². The second-order valence-electron chi connectivity index (χ2n) is 8.32. The average molecular weight is 362 g/mol. The molecular formula is C19H30N4O3. The van der Waals surface area contributed by atoms with E-state index in [4.69, 9.17) is 4.74 Å². The van der Waals surface area contributed by atoms with Crippen molar-refractivity contribution >= 4 is 12.0 Å². The average Bonchev–Trinajstić information content (AvgIpc) is 3.17. The molecule has 7 heteroatoms.